The Morgan fingerprint density at radius 1 is 1.25 bits per heavy atom. The van der Waals surface area contributed by atoms with Crippen molar-refractivity contribution in [2.45, 2.75) is 47.1 Å². The van der Waals surface area contributed by atoms with Crippen LogP contribution < -0.4 is 9.64 Å². The Balaban J connectivity index is 2.06. The molecule has 1 heterocycles. The van der Waals surface area contributed by atoms with Crippen molar-refractivity contribution in [2.75, 3.05) is 33.3 Å². The maximum absolute atomic E-state index is 12.7. The van der Waals surface area contributed by atoms with E-state index in [-0.39, 0.29) is 5.92 Å². The summed E-state index contributed by atoms with van der Waals surface area (Å²) in [5.41, 5.74) is 3.92. The molecule has 0 saturated carbocycles. The number of hydrogen-bond acceptors (Lipinski definition) is 2. The Hall–Kier alpha value is -1.55. The minimum absolute atomic E-state index is 0.188. The van der Waals surface area contributed by atoms with E-state index in [0.29, 0.717) is 5.91 Å². The highest BCUT2D eigenvalue weighted by atomic mass is 16.5. The number of likely N-dealkylation sites (tertiary alicyclic amines) is 1. The SMILES string of the molecule is CCN(CC)C(=O)[C@@H]1CCC[NH+](Cc2ccc(OC)c(C)c2C)C1. The van der Waals surface area contributed by atoms with E-state index in [2.05, 4.69) is 39.8 Å². The molecule has 0 radical (unpaired) electrons. The second-order valence-electron chi connectivity index (χ2n) is 6.91. The zero-order valence-corrected chi connectivity index (χ0v) is 15.9. The van der Waals surface area contributed by atoms with E-state index < -0.39 is 0 Å². The second kappa shape index (κ2) is 8.52. The topological polar surface area (TPSA) is 34.0 Å². The summed E-state index contributed by atoms with van der Waals surface area (Å²) in [6.07, 6.45) is 2.18. The molecule has 1 aromatic carbocycles. The number of amides is 1. The first-order valence-electron chi connectivity index (χ1n) is 9.27. The normalized spacial score (nSPS) is 20.7. The van der Waals surface area contributed by atoms with Crippen LogP contribution in [-0.4, -0.2) is 44.1 Å². The lowest BCUT2D eigenvalue weighted by Crippen LogP contribution is -3.12. The van der Waals surface area contributed by atoms with Crippen molar-refractivity contribution >= 4 is 5.91 Å². The van der Waals surface area contributed by atoms with Gasteiger partial charge in [0.05, 0.1) is 26.1 Å². The van der Waals surface area contributed by atoms with Gasteiger partial charge in [0.2, 0.25) is 5.91 Å². The third kappa shape index (κ3) is 4.10. The van der Waals surface area contributed by atoms with Crippen LogP contribution in [0.1, 0.15) is 43.4 Å². The molecular weight excluding hydrogens is 300 g/mol. The number of ether oxygens (including phenoxy) is 1. The van der Waals surface area contributed by atoms with Crippen LogP contribution in [0.2, 0.25) is 0 Å². The van der Waals surface area contributed by atoms with Crippen LogP contribution in [0.25, 0.3) is 0 Å². The highest BCUT2D eigenvalue weighted by molar-refractivity contribution is 5.78. The van der Waals surface area contributed by atoms with E-state index in [1.807, 2.05) is 4.90 Å². The first kappa shape index (κ1) is 18.8. The lowest BCUT2D eigenvalue weighted by atomic mass is 9.95. The van der Waals surface area contributed by atoms with Crippen molar-refractivity contribution in [3.8, 4) is 5.75 Å². The Morgan fingerprint density at radius 3 is 2.58 bits per heavy atom. The lowest BCUT2D eigenvalue weighted by molar-refractivity contribution is -0.921. The number of carbonyl (C=O) groups excluding carboxylic acids is 1. The fraction of sp³-hybridized carbons (Fsp3) is 0.650. The summed E-state index contributed by atoms with van der Waals surface area (Å²) < 4.78 is 5.41. The first-order chi connectivity index (χ1) is 11.5. The molecule has 0 bridgehead atoms. The van der Waals surface area contributed by atoms with Gasteiger partial charge < -0.3 is 14.5 Å². The van der Waals surface area contributed by atoms with E-state index in [0.717, 1.165) is 51.3 Å². The van der Waals surface area contributed by atoms with Crippen molar-refractivity contribution in [1.82, 2.24) is 4.90 Å². The fourth-order valence-electron chi connectivity index (χ4n) is 3.85. The molecule has 134 valence electrons. The third-order valence-corrected chi connectivity index (χ3v) is 5.55. The van der Waals surface area contributed by atoms with Gasteiger partial charge in [0.1, 0.15) is 12.3 Å². The van der Waals surface area contributed by atoms with Crippen LogP contribution in [0.15, 0.2) is 12.1 Å². The van der Waals surface area contributed by atoms with E-state index in [1.165, 1.54) is 21.6 Å². The quantitative estimate of drug-likeness (QED) is 0.864. The van der Waals surface area contributed by atoms with Crippen LogP contribution in [-0.2, 0) is 11.3 Å². The molecule has 0 aliphatic carbocycles. The molecule has 4 nitrogen and oxygen atoms in total. The minimum Gasteiger partial charge on any atom is -0.496 e. The molecule has 1 aliphatic heterocycles. The van der Waals surface area contributed by atoms with Gasteiger partial charge in [-0.25, -0.2) is 0 Å². The number of piperidine rings is 1. The van der Waals surface area contributed by atoms with Gasteiger partial charge in [-0.2, -0.15) is 0 Å². The molecule has 1 aromatic rings. The summed E-state index contributed by atoms with van der Waals surface area (Å²) in [7, 11) is 1.72. The van der Waals surface area contributed by atoms with Gasteiger partial charge >= 0.3 is 0 Å². The van der Waals surface area contributed by atoms with Gasteiger partial charge in [-0.15, -0.1) is 0 Å². The summed E-state index contributed by atoms with van der Waals surface area (Å²) in [6.45, 7) is 13.2. The molecular formula is C20H33N2O2+. The van der Waals surface area contributed by atoms with E-state index in [1.54, 1.807) is 7.11 Å². The zero-order chi connectivity index (χ0) is 17.7. The van der Waals surface area contributed by atoms with Crippen molar-refractivity contribution in [3.63, 3.8) is 0 Å². The number of hydrogen-bond donors (Lipinski definition) is 1. The minimum atomic E-state index is 0.188. The molecule has 2 rings (SSSR count). The monoisotopic (exact) mass is 333 g/mol. The van der Waals surface area contributed by atoms with Crippen LogP contribution in [0, 0.1) is 19.8 Å². The summed E-state index contributed by atoms with van der Waals surface area (Å²) in [5, 5.41) is 0. The average Bonchev–Trinajstić information content (AvgIpc) is 2.60. The highest BCUT2D eigenvalue weighted by Crippen LogP contribution is 2.23. The molecule has 1 amide bonds. The zero-order valence-electron chi connectivity index (χ0n) is 15.9. The van der Waals surface area contributed by atoms with Gasteiger partial charge in [-0.05, 0) is 63.8 Å². The van der Waals surface area contributed by atoms with Crippen LogP contribution in [0.3, 0.4) is 0 Å². The highest BCUT2D eigenvalue weighted by Gasteiger charge is 2.31. The summed E-state index contributed by atoms with van der Waals surface area (Å²) in [5.74, 6) is 1.49. The predicted octanol–water partition coefficient (Wildman–Crippen LogP) is 1.98. The number of quaternary nitrogens is 1. The molecule has 1 N–H and O–H groups in total. The molecule has 1 saturated heterocycles. The smallest absolute Gasteiger partial charge is 0.231 e. The summed E-state index contributed by atoms with van der Waals surface area (Å²) >= 11 is 0. The van der Waals surface area contributed by atoms with Crippen molar-refractivity contribution in [3.05, 3.63) is 28.8 Å². The number of methoxy groups -OCH3 is 1. The second-order valence-corrected chi connectivity index (χ2v) is 6.91. The standard InChI is InChI=1S/C20H32N2O2/c1-6-22(7-2)20(23)18-9-8-12-21(14-18)13-17-10-11-19(24-5)16(4)15(17)3/h10-11,18H,6-9,12-14H2,1-5H3/p+1/t18-/m1/s1. The van der Waals surface area contributed by atoms with Gasteiger partial charge in [-0.1, -0.05) is 0 Å². The maximum atomic E-state index is 12.7. The average molecular weight is 333 g/mol. The molecule has 2 atom stereocenters. The summed E-state index contributed by atoms with van der Waals surface area (Å²) in [4.78, 5) is 16.2. The number of nitrogens with one attached hydrogen (secondary N) is 1. The van der Waals surface area contributed by atoms with Gasteiger partial charge in [0.25, 0.3) is 0 Å². The maximum Gasteiger partial charge on any atom is 0.231 e. The van der Waals surface area contributed by atoms with Gasteiger partial charge in [-0.3, -0.25) is 4.79 Å². The number of nitrogens with zero attached hydrogens (tertiary/aromatic N) is 1. The number of carbonyl (C=O) groups is 1. The van der Waals surface area contributed by atoms with Crippen LogP contribution in [0.5, 0.6) is 5.75 Å². The van der Waals surface area contributed by atoms with Gasteiger partial charge in [0, 0.05) is 18.7 Å². The molecule has 4 heteroatoms. The third-order valence-electron chi connectivity index (χ3n) is 5.55. The Labute approximate surface area is 146 Å². The summed E-state index contributed by atoms with van der Waals surface area (Å²) in [6, 6.07) is 4.25. The van der Waals surface area contributed by atoms with Crippen LogP contribution >= 0.6 is 0 Å². The lowest BCUT2D eigenvalue weighted by Gasteiger charge is -2.32. The Bertz CT molecular complexity index is 567. The Morgan fingerprint density at radius 2 is 1.96 bits per heavy atom. The molecule has 1 aliphatic rings. The molecule has 0 spiro atoms. The number of rotatable bonds is 6. The van der Waals surface area contributed by atoms with Crippen LogP contribution in [0.4, 0.5) is 0 Å². The Kier molecular flexibility index (Phi) is 6.67. The van der Waals surface area contributed by atoms with Crippen molar-refractivity contribution in [1.29, 1.82) is 0 Å². The van der Waals surface area contributed by atoms with E-state index >= 15 is 0 Å². The first-order valence-corrected chi connectivity index (χ1v) is 9.27. The molecule has 0 aromatic heterocycles. The van der Waals surface area contributed by atoms with E-state index in [9.17, 15) is 4.79 Å². The van der Waals surface area contributed by atoms with Gasteiger partial charge in [0.15, 0.2) is 0 Å². The predicted molar refractivity (Wildman–Crippen MR) is 97.5 cm³/mol. The number of benzene rings is 1. The molecule has 1 fully saturated rings. The van der Waals surface area contributed by atoms with Crippen molar-refractivity contribution < 1.29 is 14.4 Å². The molecule has 1 unspecified atom stereocenters. The van der Waals surface area contributed by atoms with Crippen molar-refractivity contribution in [2.24, 2.45) is 5.92 Å². The van der Waals surface area contributed by atoms with E-state index in [4.69, 9.17) is 4.74 Å². The molecule has 24 heavy (non-hydrogen) atoms. The fourth-order valence-corrected chi connectivity index (χ4v) is 3.85. The largest absolute Gasteiger partial charge is 0.496 e.